The second-order valence-corrected chi connectivity index (χ2v) is 17.5. The van der Waals surface area contributed by atoms with Crippen LogP contribution in [0, 0.1) is 0 Å². The molecule has 0 N–H and O–H groups in total. The summed E-state index contributed by atoms with van der Waals surface area (Å²) in [6.07, 6.45) is 6.53. The summed E-state index contributed by atoms with van der Waals surface area (Å²) in [5, 5.41) is 42.0. The van der Waals surface area contributed by atoms with Gasteiger partial charge >= 0.3 is 33.6 Å². The maximum atomic E-state index is 11.7. The Balaban J connectivity index is 0. The summed E-state index contributed by atoms with van der Waals surface area (Å²) in [6, 6.07) is 34.1. The molecular formula is C64H84Co2N8O10. The first-order chi connectivity index (χ1) is 39.3. The van der Waals surface area contributed by atoms with Crippen molar-refractivity contribution in [3.63, 3.8) is 0 Å². The summed E-state index contributed by atoms with van der Waals surface area (Å²) >= 11 is 0. The molecule has 6 aromatic rings. The molecule has 18 nitrogen and oxygen atoms in total. The molecule has 2 aromatic heterocycles. The summed E-state index contributed by atoms with van der Waals surface area (Å²) in [7, 11) is 0. The zero-order chi connectivity index (χ0) is 61.6. The largest absolute Gasteiger partial charge is 2.00 e. The molecule has 0 saturated heterocycles. The van der Waals surface area contributed by atoms with Crippen molar-refractivity contribution >= 4 is 58.4 Å². The molecule has 0 fully saturated rings. The van der Waals surface area contributed by atoms with E-state index in [4.69, 9.17) is 0 Å². The van der Waals surface area contributed by atoms with Crippen molar-refractivity contribution in [2.75, 3.05) is 98.1 Å². The maximum Gasteiger partial charge on any atom is 2.00 e. The van der Waals surface area contributed by atoms with Crippen LogP contribution in [0.1, 0.15) is 145 Å². The van der Waals surface area contributed by atoms with E-state index in [0.29, 0.717) is 11.1 Å². The van der Waals surface area contributed by atoms with Gasteiger partial charge in [0.15, 0.2) is 0 Å². The number of benzene rings is 4. The molecule has 84 heavy (non-hydrogen) atoms. The SMILES string of the molecule is CCN(CC)C(=O)c1cccnc1.CCN(CC)C(=O)c1cccnc1.CCN(CC)c1ccc(C(=O)[O-])cc1.CCN(CC)c1ccc(C(=O)[O-])cc1.CCN(CC)c1ccc(C(=O)[O-])cc1.CCN(CC)c1ccc(C(=O)[O-])cc1.[Co+2].[Co+2]. The summed E-state index contributed by atoms with van der Waals surface area (Å²) < 4.78 is 0. The predicted octanol–water partition coefficient (Wildman–Crippen LogP) is 6.71. The zero-order valence-electron chi connectivity index (χ0n) is 50.7. The van der Waals surface area contributed by atoms with E-state index >= 15 is 0 Å². The maximum absolute atomic E-state index is 11.7. The van der Waals surface area contributed by atoms with Gasteiger partial charge in [-0.05, 0) is 178 Å². The van der Waals surface area contributed by atoms with Crippen molar-refractivity contribution in [2.45, 2.75) is 83.1 Å². The Labute approximate surface area is 518 Å². The minimum absolute atomic E-state index is 0. The van der Waals surface area contributed by atoms with Crippen LogP contribution in [0.15, 0.2) is 146 Å². The van der Waals surface area contributed by atoms with Gasteiger partial charge in [-0.2, -0.15) is 0 Å². The molecule has 0 unspecified atom stereocenters. The van der Waals surface area contributed by atoms with E-state index in [1.165, 1.54) is 0 Å². The van der Waals surface area contributed by atoms with Gasteiger partial charge < -0.3 is 69.0 Å². The number of rotatable bonds is 22. The standard InChI is InChI=1S/4C11H15NO2.2C10H14N2O.2Co/c4*1-3-12(4-2)10-7-5-9(6-8-10)11(13)14;2*1-3-12(4-2)10(13)9-6-5-7-11-8-9;;/h4*5-8H,3-4H2,1-2H3,(H,13,14);2*5-8H,3-4H2,1-2H3;;/q;;;;;;2*+2/p-4. The Kier molecular flexibility index (Phi) is 41.7. The Hall–Kier alpha value is -7.79. The number of nitrogens with zero attached hydrogens (tertiary/aromatic N) is 8. The Morgan fingerprint density at radius 3 is 0.619 bits per heavy atom. The molecule has 0 bridgehead atoms. The number of carboxylic acid groups (broad SMARTS) is 4. The van der Waals surface area contributed by atoms with E-state index in [-0.39, 0.29) is 67.6 Å². The van der Waals surface area contributed by atoms with Crippen LogP contribution in [0.2, 0.25) is 0 Å². The predicted molar refractivity (Wildman–Crippen MR) is 320 cm³/mol. The first-order valence-electron chi connectivity index (χ1n) is 28.0. The van der Waals surface area contributed by atoms with Gasteiger partial charge in [0.05, 0.1) is 35.0 Å². The van der Waals surface area contributed by atoms with Crippen LogP contribution in [0.25, 0.3) is 0 Å². The fourth-order valence-corrected chi connectivity index (χ4v) is 7.95. The number of hydrogen-bond acceptors (Lipinski definition) is 16. The minimum Gasteiger partial charge on any atom is -0.545 e. The van der Waals surface area contributed by atoms with Crippen molar-refractivity contribution in [3.8, 4) is 0 Å². The average molecular weight is 1240 g/mol. The van der Waals surface area contributed by atoms with Crippen LogP contribution in [-0.4, -0.2) is 134 Å². The molecular weight excluding hydrogens is 1160 g/mol. The summed E-state index contributed by atoms with van der Waals surface area (Å²) in [5.41, 5.74) is 6.38. The van der Waals surface area contributed by atoms with Crippen LogP contribution in [-0.2, 0) is 33.6 Å². The van der Waals surface area contributed by atoms with E-state index in [9.17, 15) is 49.2 Å². The van der Waals surface area contributed by atoms with Crippen molar-refractivity contribution in [1.29, 1.82) is 0 Å². The van der Waals surface area contributed by atoms with E-state index in [1.54, 1.807) is 156 Å². The van der Waals surface area contributed by atoms with Gasteiger partial charge in [0, 0.05) is 126 Å². The molecule has 4 aromatic carbocycles. The molecule has 0 aliphatic rings. The number of pyridine rings is 2. The summed E-state index contributed by atoms with van der Waals surface area (Å²) in [5.74, 6) is -4.41. The Bertz CT molecular complexity index is 2420. The molecule has 0 saturated carbocycles. The normalized spacial score (nSPS) is 9.57. The van der Waals surface area contributed by atoms with E-state index < -0.39 is 23.9 Å². The minimum atomic E-state index is -1.13. The monoisotopic (exact) mass is 1240 g/mol. The van der Waals surface area contributed by atoms with E-state index in [1.807, 2.05) is 27.7 Å². The van der Waals surface area contributed by atoms with Crippen molar-refractivity contribution in [3.05, 3.63) is 179 Å². The van der Waals surface area contributed by atoms with E-state index in [0.717, 1.165) is 101 Å². The number of hydrogen-bond donors (Lipinski definition) is 0. The van der Waals surface area contributed by atoms with Gasteiger partial charge in [-0.1, -0.05) is 48.5 Å². The Morgan fingerprint density at radius 2 is 0.488 bits per heavy atom. The number of aromatic carboxylic acids is 4. The fourth-order valence-electron chi connectivity index (χ4n) is 7.95. The number of anilines is 4. The number of aromatic nitrogens is 2. The molecule has 0 aliphatic heterocycles. The average Bonchev–Trinajstić information content (AvgIpc) is 3.52. The van der Waals surface area contributed by atoms with Gasteiger partial charge in [0.2, 0.25) is 0 Å². The van der Waals surface area contributed by atoms with Gasteiger partial charge in [-0.25, -0.2) is 0 Å². The smallest absolute Gasteiger partial charge is 0.545 e. The van der Waals surface area contributed by atoms with E-state index in [2.05, 4.69) is 85.0 Å². The quantitative estimate of drug-likeness (QED) is 0.0686. The third kappa shape index (κ3) is 27.5. The van der Waals surface area contributed by atoms with Crippen molar-refractivity contribution in [2.24, 2.45) is 0 Å². The second kappa shape index (κ2) is 44.7. The third-order valence-corrected chi connectivity index (χ3v) is 12.8. The molecule has 0 aliphatic carbocycles. The third-order valence-electron chi connectivity index (χ3n) is 12.8. The summed E-state index contributed by atoms with van der Waals surface area (Å²) in [4.78, 5) is 85.3. The molecule has 2 amide bonds. The molecule has 6 rings (SSSR count). The second-order valence-electron chi connectivity index (χ2n) is 17.5. The number of carbonyl (C=O) groups excluding carboxylic acids is 6. The first-order valence-corrected chi connectivity index (χ1v) is 28.0. The van der Waals surface area contributed by atoms with Gasteiger partial charge in [-0.3, -0.25) is 19.6 Å². The molecule has 20 heteroatoms. The summed E-state index contributed by atoms with van der Waals surface area (Å²) in [6.45, 7) is 34.7. The number of amides is 2. The fraction of sp³-hybridized carbons (Fsp3) is 0.375. The topological polar surface area (TPSA) is 240 Å². The van der Waals surface area contributed by atoms with Crippen LogP contribution < -0.4 is 40.0 Å². The molecule has 458 valence electrons. The van der Waals surface area contributed by atoms with Crippen LogP contribution in [0.4, 0.5) is 22.7 Å². The number of carbonyl (C=O) groups is 6. The molecule has 2 radical (unpaired) electrons. The van der Waals surface area contributed by atoms with Gasteiger partial charge in [-0.15, -0.1) is 0 Å². The van der Waals surface area contributed by atoms with Gasteiger partial charge in [0.1, 0.15) is 0 Å². The number of carboxylic acids is 4. The molecule has 0 atom stereocenters. The van der Waals surface area contributed by atoms with Crippen LogP contribution in [0.3, 0.4) is 0 Å². The zero-order valence-corrected chi connectivity index (χ0v) is 52.8. The first kappa shape index (κ1) is 78.3. The van der Waals surface area contributed by atoms with Crippen LogP contribution in [0.5, 0.6) is 0 Å². The Morgan fingerprint density at radius 1 is 0.298 bits per heavy atom. The van der Waals surface area contributed by atoms with Crippen molar-refractivity contribution < 1.29 is 82.8 Å². The van der Waals surface area contributed by atoms with Crippen LogP contribution >= 0.6 is 0 Å². The van der Waals surface area contributed by atoms with Crippen molar-refractivity contribution in [1.82, 2.24) is 19.8 Å². The van der Waals surface area contributed by atoms with Gasteiger partial charge in [0.25, 0.3) is 11.8 Å². The molecule has 2 heterocycles. The molecule has 0 spiro atoms.